The van der Waals surface area contributed by atoms with Gasteiger partial charge in [0.15, 0.2) is 5.69 Å². The van der Waals surface area contributed by atoms with Crippen LogP contribution in [0.3, 0.4) is 0 Å². The zero-order valence-electron chi connectivity index (χ0n) is 7.32. The molecule has 0 unspecified atom stereocenters. The second kappa shape index (κ2) is 3.36. The number of carboxylic acids is 1. The van der Waals surface area contributed by atoms with Crippen LogP contribution in [-0.4, -0.2) is 21.3 Å². The molecule has 1 heterocycles. The van der Waals surface area contributed by atoms with Crippen molar-refractivity contribution in [2.75, 3.05) is 0 Å². The summed E-state index contributed by atoms with van der Waals surface area (Å²) in [5.41, 5.74) is -0.654. The van der Waals surface area contributed by atoms with Crippen LogP contribution >= 0.6 is 11.6 Å². The second-order valence-electron chi connectivity index (χ2n) is 2.90. The molecular formula is C9H5ClN2O3. The topological polar surface area (TPSA) is 83.0 Å². The number of carboxylic acid groups (broad SMARTS) is 1. The molecule has 1 aromatic carbocycles. The fraction of sp³-hybridized carbons (Fsp3) is 0. The molecule has 0 aliphatic rings. The van der Waals surface area contributed by atoms with Crippen LogP contribution in [0.1, 0.15) is 10.5 Å². The van der Waals surface area contributed by atoms with Crippen molar-refractivity contribution in [2.24, 2.45) is 0 Å². The molecular weight excluding hydrogens is 220 g/mol. The van der Waals surface area contributed by atoms with Gasteiger partial charge >= 0.3 is 5.97 Å². The van der Waals surface area contributed by atoms with Gasteiger partial charge in [0.25, 0.3) is 5.56 Å². The molecule has 1 aromatic heterocycles. The van der Waals surface area contributed by atoms with Gasteiger partial charge in [-0.3, -0.25) is 4.79 Å². The molecule has 2 rings (SSSR count). The monoisotopic (exact) mass is 224 g/mol. The Morgan fingerprint density at radius 3 is 2.80 bits per heavy atom. The predicted molar refractivity (Wildman–Crippen MR) is 54.3 cm³/mol. The van der Waals surface area contributed by atoms with E-state index < -0.39 is 11.5 Å². The number of fused-ring (bicyclic) bond motifs is 1. The van der Waals surface area contributed by atoms with Gasteiger partial charge < -0.3 is 5.11 Å². The first-order chi connectivity index (χ1) is 7.09. The SMILES string of the molecule is O=C(O)c1n[nH]c(=O)c2ccc(Cl)cc12. The van der Waals surface area contributed by atoms with Crippen molar-refractivity contribution in [1.82, 2.24) is 10.2 Å². The second-order valence-corrected chi connectivity index (χ2v) is 3.33. The Hall–Kier alpha value is -1.88. The third-order valence-electron chi connectivity index (χ3n) is 1.95. The van der Waals surface area contributed by atoms with Crippen molar-refractivity contribution in [3.05, 3.63) is 39.3 Å². The number of nitrogens with zero attached hydrogens (tertiary/aromatic N) is 1. The van der Waals surface area contributed by atoms with Crippen LogP contribution in [0.15, 0.2) is 23.0 Å². The summed E-state index contributed by atoms with van der Waals surface area (Å²) < 4.78 is 0. The molecule has 5 nitrogen and oxygen atoms in total. The summed E-state index contributed by atoms with van der Waals surface area (Å²) >= 11 is 5.71. The molecule has 0 aliphatic heterocycles. The maximum Gasteiger partial charge on any atom is 0.356 e. The number of hydrogen-bond donors (Lipinski definition) is 2. The Balaban J connectivity index is 2.96. The molecule has 0 amide bonds. The maximum absolute atomic E-state index is 11.3. The minimum absolute atomic E-state index is 0.216. The van der Waals surface area contributed by atoms with Crippen molar-refractivity contribution in [1.29, 1.82) is 0 Å². The molecule has 15 heavy (non-hydrogen) atoms. The molecule has 0 radical (unpaired) electrons. The lowest BCUT2D eigenvalue weighted by Crippen LogP contribution is -2.13. The van der Waals surface area contributed by atoms with Crippen LogP contribution in [-0.2, 0) is 0 Å². The molecule has 0 saturated carbocycles. The molecule has 0 spiro atoms. The maximum atomic E-state index is 11.3. The van der Waals surface area contributed by atoms with Crippen LogP contribution < -0.4 is 5.56 Å². The summed E-state index contributed by atoms with van der Waals surface area (Å²) in [4.78, 5) is 22.1. The van der Waals surface area contributed by atoms with Gasteiger partial charge in [-0.25, -0.2) is 9.89 Å². The number of rotatable bonds is 1. The van der Waals surface area contributed by atoms with E-state index in [4.69, 9.17) is 16.7 Å². The molecule has 0 bridgehead atoms. The Morgan fingerprint density at radius 2 is 2.13 bits per heavy atom. The van der Waals surface area contributed by atoms with Crippen LogP contribution in [0, 0.1) is 0 Å². The minimum atomic E-state index is -1.21. The van der Waals surface area contributed by atoms with Crippen LogP contribution in [0.4, 0.5) is 0 Å². The number of halogens is 1. The van der Waals surface area contributed by atoms with Gasteiger partial charge in [0.1, 0.15) is 0 Å². The lowest BCUT2D eigenvalue weighted by atomic mass is 10.1. The lowest BCUT2D eigenvalue weighted by Gasteiger charge is -2.00. The zero-order chi connectivity index (χ0) is 11.0. The highest BCUT2D eigenvalue weighted by atomic mass is 35.5. The first kappa shape index (κ1) is 9.67. The molecule has 6 heteroatoms. The van der Waals surface area contributed by atoms with Gasteiger partial charge in [0.2, 0.25) is 0 Å². The number of H-pyrrole nitrogens is 1. The summed E-state index contributed by atoms with van der Waals surface area (Å²) in [6.07, 6.45) is 0. The molecule has 2 N–H and O–H groups in total. The standard InChI is InChI=1S/C9H5ClN2O3/c10-4-1-2-5-6(3-4)7(9(14)15)11-12-8(5)13/h1-3H,(H,12,13)(H,14,15). The largest absolute Gasteiger partial charge is 0.476 e. The van der Waals surface area contributed by atoms with Gasteiger partial charge in [-0.15, -0.1) is 0 Å². The zero-order valence-corrected chi connectivity index (χ0v) is 8.08. The quantitative estimate of drug-likeness (QED) is 0.764. The fourth-order valence-corrected chi connectivity index (χ4v) is 1.47. The Kier molecular flexibility index (Phi) is 2.17. The van der Waals surface area contributed by atoms with Crippen molar-refractivity contribution < 1.29 is 9.90 Å². The molecule has 0 aliphatic carbocycles. The lowest BCUT2D eigenvalue weighted by molar-refractivity contribution is 0.0691. The van der Waals surface area contributed by atoms with Crippen LogP contribution in [0.5, 0.6) is 0 Å². The number of nitrogens with one attached hydrogen (secondary N) is 1. The first-order valence-electron chi connectivity index (χ1n) is 4.01. The van der Waals surface area contributed by atoms with Gasteiger partial charge in [-0.2, -0.15) is 5.10 Å². The number of benzene rings is 1. The van der Waals surface area contributed by atoms with E-state index in [0.29, 0.717) is 5.02 Å². The van der Waals surface area contributed by atoms with E-state index in [0.717, 1.165) is 0 Å². The fourth-order valence-electron chi connectivity index (χ4n) is 1.30. The summed E-state index contributed by atoms with van der Waals surface area (Å²) in [6, 6.07) is 4.39. The van der Waals surface area contributed by atoms with E-state index in [2.05, 4.69) is 10.2 Å². The smallest absolute Gasteiger partial charge is 0.356 e. The molecule has 0 atom stereocenters. The molecule has 0 fully saturated rings. The van der Waals surface area contributed by atoms with Crippen molar-refractivity contribution in [3.63, 3.8) is 0 Å². The Morgan fingerprint density at radius 1 is 1.40 bits per heavy atom. The van der Waals surface area contributed by atoms with E-state index in [1.165, 1.54) is 18.2 Å². The third kappa shape index (κ3) is 1.57. The minimum Gasteiger partial charge on any atom is -0.476 e. The molecule has 0 saturated heterocycles. The van der Waals surface area contributed by atoms with E-state index in [-0.39, 0.29) is 16.5 Å². The summed E-state index contributed by atoms with van der Waals surface area (Å²) in [6.45, 7) is 0. The highest BCUT2D eigenvalue weighted by Crippen LogP contribution is 2.18. The Bertz CT molecular complexity index is 606. The van der Waals surface area contributed by atoms with E-state index in [1.54, 1.807) is 0 Å². The number of aromatic amines is 1. The summed E-state index contributed by atoms with van der Waals surface area (Å²) in [5.74, 6) is -1.21. The molecule has 2 aromatic rings. The number of carbonyl (C=O) groups is 1. The van der Waals surface area contributed by atoms with Gasteiger partial charge in [0.05, 0.1) is 5.39 Å². The van der Waals surface area contributed by atoms with Crippen LogP contribution in [0.2, 0.25) is 5.02 Å². The Labute approximate surface area is 88.3 Å². The van der Waals surface area contributed by atoms with Gasteiger partial charge in [0, 0.05) is 10.4 Å². The summed E-state index contributed by atoms with van der Waals surface area (Å²) in [7, 11) is 0. The average Bonchev–Trinajstić information content (AvgIpc) is 2.17. The van der Waals surface area contributed by atoms with E-state index in [1.807, 2.05) is 0 Å². The van der Waals surface area contributed by atoms with Crippen molar-refractivity contribution >= 4 is 28.3 Å². The highest BCUT2D eigenvalue weighted by Gasteiger charge is 2.12. The number of aromatic carboxylic acids is 1. The van der Waals surface area contributed by atoms with Crippen molar-refractivity contribution in [2.45, 2.75) is 0 Å². The average molecular weight is 225 g/mol. The van der Waals surface area contributed by atoms with Crippen molar-refractivity contribution in [3.8, 4) is 0 Å². The predicted octanol–water partition coefficient (Wildman–Crippen LogP) is 1.27. The highest BCUT2D eigenvalue weighted by molar-refractivity contribution is 6.31. The van der Waals surface area contributed by atoms with E-state index in [9.17, 15) is 9.59 Å². The van der Waals surface area contributed by atoms with Crippen LogP contribution in [0.25, 0.3) is 10.8 Å². The first-order valence-corrected chi connectivity index (χ1v) is 4.38. The molecule has 76 valence electrons. The summed E-state index contributed by atoms with van der Waals surface area (Å²) in [5, 5.41) is 15.3. The number of aromatic nitrogens is 2. The third-order valence-corrected chi connectivity index (χ3v) is 2.19. The van der Waals surface area contributed by atoms with E-state index >= 15 is 0 Å². The van der Waals surface area contributed by atoms with Gasteiger partial charge in [-0.1, -0.05) is 11.6 Å². The normalized spacial score (nSPS) is 10.5. The number of hydrogen-bond acceptors (Lipinski definition) is 3. The van der Waals surface area contributed by atoms with Gasteiger partial charge in [-0.05, 0) is 18.2 Å².